The van der Waals surface area contributed by atoms with Gasteiger partial charge >= 0.3 is 0 Å². The number of nitrogens with two attached hydrogens (primary N) is 1. The van der Waals surface area contributed by atoms with Gasteiger partial charge in [-0.3, -0.25) is 0 Å². The van der Waals surface area contributed by atoms with Crippen LogP contribution in [0.25, 0.3) is 5.57 Å². The van der Waals surface area contributed by atoms with Crippen LogP contribution >= 0.6 is 0 Å². The quantitative estimate of drug-likeness (QED) is 0.762. The summed E-state index contributed by atoms with van der Waals surface area (Å²) in [6.07, 6.45) is 5.57. The van der Waals surface area contributed by atoms with Crippen molar-refractivity contribution in [2.75, 3.05) is 18.9 Å². The molecular formula is C17H26N2O3S. The van der Waals surface area contributed by atoms with E-state index in [0.717, 1.165) is 36.1 Å². The van der Waals surface area contributed by atoms with Crippen LogP contribution in [-0.2, 0) is 10.0 Å². The van der Waals surface area contributed by atoms with Crippen LogP contribution in [0.15, 0.2) is 30.3 Å². The van der Waals surface area contributed by atoms with Gasteiger partial charge < -0.3 is 10.5 Å². The highest BCUT2D eigenvalue weighted by molar-refractivity contribution is 7.89. The van der Waals surface area contributed by atoms with Gasteiger partial charge in [0.25, 0.3) is 0 Å². The van der Waals surface area contributed by atoms with Gasteiger partial charge in [0.15, 0.2) is 0 Å². The average molecular weight is 338 g/mol. The maximum absolute atomic E-state index is 12.1. The van der Waals surface area contributed by atoms with Crippen LogP contribution in [0.5, 0.6) is 5.75 Å². The number of hydrogen-bond donors (Lipinski definition) is 2. The molecular weight excluding hydrogens is 312 g/mol. The van der Waals surface area contributed by atoms with E-state index < -0.39 is 10.0 Å². The van der Waals surface area contributed by atoms with E-state index in [4.69, 9.17) is 10.5 Å². The molecule has 0 radical (unpaired) electrons. The summed E-state index contributed by atoms with van der Waals surface area (Å²) < 4.78 is 32.5. The molecule has 0 bridgehead atoms. The maximum atomic E-state index is 12.1. The lowest BCUT2D eigenvalue weighted by atomic mass is 9.90. The summed E-state index contributed by atoms with van der Waals surface area (Å²) in [7, 11) is -3.22. The smallest absolute Gasteiger partial charge is 0.212 e. The van der Waals surface area contributed by atoms with E-state index in [9.17, 15) is 8.42 Å². The Kier molecular flexibility index (Phi) is 6.62. The molecule has 2 rings (SSSR count). The Bertz CT molecular complexity index is 624. The number of benzene rings is 1. The first-order valence-electron chi connectivity index (χ1n) is 8.19. The van der Waals surface area contributed by atoms with Crippen LogP contribution in [0.3, 0.4) is 0 Å². The molecule has 0 saturated carbocycles. The molecule has 6 heteroatoms. The van der Waals surface area contributed by atoms with Gasteiger partial charge in [0.05, 0.1) is 5.75 Å². The van der Waals surface area contributed by atoms with E-state index in [1.54, 1.807) is 0 Å². The van der Waals surface area contributed by atoms with Crippen molar-refractivity contribution in [2.45, 2.75) is 38.6 Å². The van der Waals surface area contributed by atoms with Crippen LogP contribution in [0.2, 0.25) is 0 Å². The lowest BCUT2D eigenvalue weighted by Gasteiger charge is -2.25. The molecule has 1 atom stereocenters. The number of rotatable bonds is 8. The molecule has 0 aromatic heterocycles. The van der Waals surface area contributed by atoms with Gasteiger partial charge in [0.2, 0.25) is 10.0 Å². The predicted molar refractivity (Wildman–Crippen MR) is 93.8 cm³/mol. The molecule has 0 saturated heterocycles. The largest absolute Gasteiger partial charge is 0.492 e. The van der Waals surface area contributed by atoms with E-state index in [1.165, 1.54) is 0 Å². The standard InChI is InChI=1S/C17H26N2O3S/c1-2-13-23(20,21)19-17-6-4-3-5-16(17)14-7-9-15(10-8-14)22-12-11-18/h5,7-10,17,19H,2-4,6,11-13,18H2,1H3. The molecule has 0 aliphatic heterocycles. The number of hydrogen-bond acceptors (Lipinski definition) is 4. The number of allylic oxidation sites excluding steroid dienone is 1. The van der Waals surface area contributed by atoms with Gasteiger partial charge in [0, 0.05) is 12.6 Å². The van der Waals surface area contributed by atoms with Crippen molar-refractivity contribution in [3.8, 4) is 5.75 Å². The fraction of sp³-hybridized carbons (Fsp3) is 0.529. The van der Waals surface area contributed by atoms with Crippen molar-refractivity contribution in [2.24, 2.45) is 5.73 Å². The van der Waals surface area contributed by atoms with Gasteiger partial charge in [-0.2, -0.15) is 0 Å². The van der Waals surface area contributed by atoms with Gasteiger partial charge in [-0.1, -0.05) is 25.1 Å². The predicted octanol–water partition coefficient (Wildman–Crippen LogP) is 2.29. The summed E-state index contributed by atoms with van der Waals surface area (Å²) in [6.45, 7) is 2.84. The monoisotopic (exact) mass is 338 g/mol. The molecule has 3 N–H and O–H groups in total. The van der Waals surface area contributed by atoms with E-state index in [1.807, 2.05) is 31.2 Å². The second-order valence-corrected chi connectivity index (χ2v) is 7.61. The Balaban J connectivity index is 2.13. The molecule has 128 valence electrons. The van der Waals surface area contributed by atoms with Crippen molar-refractivity contribution in [3.63, 3.8) is 0 Å². The SMILES string of the molecule is CCCS(=O)(=O)NC1CCCC=C1c1ccc(OCCN)cc1. The molecule has 1 aromatic carbocycles. The molecule has 23 heavy (non-hydrogen) atoms. The second kappa shape index (κ2) is 8.47. The van der Waals surface area contributed by atoms with Crippen LogP contribution in [0.4, 0.5) is 0 Å². The van der Waals surface area contributed by atoms with Gasteiger partial charge in [0.1, 0.15) is 12.4 Å². The Morgan fingerprint density at radius 2 is 2.04 bits per heavy atom. The average Bonchev–Trinajstić information content (AvgIpc) is 2.53. The Morgan fingerprint density at radius 3 is 2.70 bits per heavy atom. The van der Waals surface area contributed by atoms with E-state index in [2.05, 4.69) is 10.8 Å². The third-order valence-electron chi connectivity index (χ3n) is 3.81. The summed E-state index contributed by atoms with van der Waals surface area (Å²) in [4.78, 5) is 0. The summed E-state index contributed by atoms with van der Waals surface area (Å²) in [6, 6.07) is 7.61. The molecule has 1 unspecified atom stereocenters. The highest BCUT2D eigenvalue weighted by Gasteiger charge is 2.23. The van der Waals surface area contributed by atoms with Gasteiger partial charge in [-0.15, -0.1) is 0 Å². The summed E-state index contributed by atoms with van der Waals surface area (Å²) >= 11 is 0. The minimum Gasteiger partial charge on any atom is -0.492 e. The molecule has 1 aromatic rings. The maximum Gasteiger partial charge on any atom is 0.212 e. The van der Waals surface area contributed by atoms with E-state index >= 15 is 0 Å². The first kappa shape index (κ1) is 18.0. The molecule has 0 spiro atoms. The van der Waals surface area contributed by atoms with Crippen LogP contribution < -0.4 is 15.2 Å². The van der Waals surface area contributed by atoms with Crippen molar-refractivity contribution in [1.29, 1.82) is 0 Å². The Labute approximate surface area is 139 Å². The van der Waals surface area contributed by atoms with E-state index in [-0.39, 0.29) is 11.8 Å². The van der Waals surface area contributed by atoms with E-state index in [0.29, 0.717) is 19.6 Å². The zero-order chi connectivity index (χ0) is 16.7. The van der Waals surface area contributed by atoms with Crippen LogP contribution in [0.1, 0.15) is 38.2 Å². The Morgan fingerprint density at radius 1 is 1.30 bits per heavy atom. The van der Waals surface area contributed by atoms with Gasteiger partial charge in [-0.05, 0) is 49.0 Å². The number of ether oxygens (including phenoxy) is 1. The summed E-state index contributed by atoms with van der Waals surface area (Å²) in [5, 5.41) is 0. The van der Waals surface area contributed by atoms with Crippen LogP contribution in [0, 0.1) is 0 Å². The number of sulfonamides is 1. The molecule has 0 amide bonds. The zero-order valence-electron chi connectivity index (χ0n) is 13.6. The minimum atomic E-state index is -3.22. The van der Waals surface area contributed by atoms with Gasteiger partial charge in [-0.25, -0.2) is 13.1 Å². The van der Waals surface area contributed by atoms with Crippen LogP contribution in [-0.4, -0.2) is 33.4 Å². The highest BCUT2D eigenvalue weighted by atomic mass is 32.2. The first-order valence-corrected chi connectivity index (χ1v) is 9.84. The minimum absolute atomic E-state index is 0.142. The topological polar surface area (TPSA) is 81.4 Å². The third kappa shape index (κ3) is 5.34. The second-order valence-electron chi connectivity index (χ2n) is 5.74. The molecule has 1 aliphatic rings. The zero-order valence-corrected chi connectivity index (χ0v) is 14.4. The molecule has 5 nitrogen and oxygen atoms in total. The number of nitrogens with one attached hydrogen (secondary N) is 1. The summed E-state index contributed by atoms with van der Waals surface area (Å²) in [5.74, 6) is 0.946. The summed E-state index contributed by atoms with van der Waals surface area (Å²) in [5.41, 5.74) is 7.52. The lowest BCUT2D eigenvalue weighted by molar-refractivity contribution is 0.328. The normalized spacial score (nSPS) is 18.5. The molecule has 0 fully saturated rings. The fourth-order valence-electron chi connectivity index (χ4n) is 2.78. The highest BCUT2D eigenvalue weighted by Crippen LogP contribution is 2.29. The Hall–Kier alpha value is -1.37. The molecule has 0 heterocycles. The van der Waals surface area contributed by atoms with Crippen molar-refractivity contribution >= 4 is 15.6 Å². The molecule has 1 aliphatic carbocycles. The third-order valence-corrected chi connectivity index (χ3v) is 5.39. The van der Waals surface area contributed by atoms with Crippen molar-refractivity contribution < 1.29 is 13.2 Å². The first-order chi connectivity index (χ1) is 11.1. The fourth-order valence-corrected chi connectivity index (χ4v) is 4.12. The lowest BCUT2D eigenvalue weighted by Crippen LogP contribution is -2.38. The van der Waals surface area contributed by atoms with Crippen molar-refractivity contribution in [3.05, 3.63) is 35.9 Å². The van der Waals surface area contributed by atoms with Crippen molar-refractivity contribution in [1.82, 2.24) is 4.72 Å².